The van der Waals surface area contributed by atoms with Crippen LogP contribution in [-0.4, -0.2) is 24.1 Å². The van der Waals surface area contributed by atoms with Crippen molar-refractivity contribution in [2.24, 2.45) is 0 Å². The Hall–Kier alpha value is -4.05. The molecule has 2 aromatic rings. The molecule has 0 aliphatic carbocycles. The first-order valence-electron chi connectivity index (χ1n) is 10.8. The van der Waals surface area contributed by atoms with Crippen LogP contribution in [0.4, 0.5) is 18.9 Å². The molecule has 2 aromatic carbocycles. The zero-order valence-corrected chi connectivity index (χ0v) is 19.2. The Morgan fingerprint density at radius 2 is 1.71 bits per heavy atom. The van der Waals surface area contributed by atoms with Gasteiger partial charge in [-0.2, -0.15) is 23.7 Å². The zero-order valence-electron chi connectivity index (χ0n) is 19.2. The van der Waals surface area contributed by atoms with Gasteiger partial charge in [0.25, 0.3) is 5.91 Å². The van der Waals surface area contributed by atoms with Crippen molar-refractivity contribution >= 4 is 17.6 Å². The monoisotopic (exact) mass is 487 g/mol. The third kappa shape index (κ3) is 7.75. The number of hydrogen-bond donors (Lipinski definition) is 1. The molecule has 0 spiro atoms. The highest BCUT2D eigenvalue weighted by Crippen LogP contribution is 2.34. The predicted molar refractivity (Wildman–Crippen MR) is 120 cm³/mol. The minimum absolute atomic E-state index is 0.0582. The van der Waals surface area contributed by atoms with Crippen LogP contribution >= 0.6 is 0 Å². The Labute approximate surface area is 201 Å². The first-order valence-corrected chi connectivity index (χ1v) is 10.8. The summed E-state index contributed by atoms with van der Waals surface area (Å²) in [5.41, 5.74) is -3.52. The number of anilines is 1. The van der Waals surface area contributed by atoms with Gasteiger partial charge in [0.15, 0.2) is 0 Å². The lowest BCUT2D eigenvalue weighted by molar-refractivity contribution is -0.167. The summed E-state index contributed by atoms with van der Waals surface area (Å²) in [6.07, 6.45) is -2.55. The fourth-order valence-electron chi connectivity index (χ4n) is 3.03. The lowest BCUT2D eigenvalue weighted by atomic mass is 10.0. The topological polar surface area (TPSA) is 112 Å². The average Bonchev–Trinajstić information content (AvgIpc) is 2.82. The molecule has 1 amide bonds. The maximum absolute atomic E-state index is 13.3. The maximum Gasteiger partial charge on any atom is 0.417 e. The Kier molecular flexibility index (Phi) is 9.24. The molecular weight excluding hydrogens is 463 g/mol. The number of alkyl halides is 3. The van der Waals surface area contributed by atoms with Gasteiger partial charge in [0.2, 0.25) is 5.60 Å². The van der Waals surface area contributed by atoms with E-state index in [-0.39, 0.29) is 12.1 Å². The van der Waals surface area contributed by atoms with E-state index in [9.17, 15) is 22.8 Å². The molecule has 2 rings (SSSR count). The number of rotatable bonds is 10. The molecule has 7 nitrogen and oxygen atoms in total. The van der Waals surface area contributed by atoms with E-state index < -0.39 is 41.4 Å². The molecule has 35 heavy (non-hydrogen) atoms. The predicted octanol–water partition coefficient (Wildman–Crippen LogP) is 5.35. The van der Waals surface area contributed by atoms with Gasteiger partial charge in [0.05, 0.1) is 28.8 Å². The second-order valence-electron chi connectivity index (χ2n) is 7.91. The average molecular weight is 487 g/mol. The smallest absolute Gasteiger partial charge is 0.417 e. The molecule has 0 aromatic heterocycles. The van der Waals surface area contributed by atoms with Gasteiger partial charge >= 0.3 is 12.1 Å². The molecule has 0 aliphatic heterocycles. The van der Waals surface area contributed by atoms with Crippen LogP contribution < -0.4 is 10.1 Å². The highest BCUT2D eigenvalue weighted by molar-refractivity contribution is 5.98. The largest absolute Gasteiger partial charge is 0.489 e. The van der Waals surface area contributed by atoms with E-state index in [1.54, 1.807) is 0 Å². The van der Waals surface area contributed by atoms with Crippen LogP contribution in [0.5, 0.6) is 5.75 Å². The van der Waals surface area contributed by atoms with Crippen molar-refractivity contribution in [2.75, 3.05) is 11.9 Å². The fourth-order valence-corrected chi connectivity index (χ4v) is 3.03. The van der Waals surface area contributed by atoms with Crippen molar-refractivity contribution in [3.05, 3.63) is 59.2 Å². The summed E-state index contributed by atoms with van der Waals surface area (Å²) in [7, 11) is 0. The van der Waals surface area contributed by atoms with Crippen molar-refractivity contribution in [1.82, 2.24) is 0 Å². The van der Waals surface area contributed by atoms with Crippen molar-refractivity contribution in [3.8, 4) is 17.9 Å². The minimum Gasteiger partial charge on any atom is -0.489 e. The van der Waals surface area contributed by atoms with E-state index in [1.165, 1.54) is 37.3 Å². The molecular formula is C25H24F3N3O4. The first-order chi connectivity index (χ1) is 16.5. The third-order valence-electron chi connectivity index (χ3n) is 5.00. The van der Waals surface area contributed by atoms with Crippen LogP contribution in [0.2, 0.25) is 0 Å². The number of amides is 1. The van der Waals surface area contributed by atoms with E-state index in [1.807, 2.05) is 13.0 Å². The minimum atomic E-state index is -4.81. The molecule has 184 valence electrons. The van der Waals surface area contributed by atoms with E-state index >= 15 is 0 Å². The Balaban J connectivity index is 2.27. The molecule has 0 radical (unpaired) electrons. The number of carbonyl (C=O) groups excluding carboxylic acids is 2. The van der Waals surface area contributed by atoms with Crippen LogP contribution in [-0.2, 0) is 20.5 Å². The van der Waals surface area contributed by atoms with Crippen molar-refractivity contribution in [1.29, 1.82) is 10.5 Å². The number of esters is 1. The number of halogens is 3. The van der Waals surface area contributed by atoms with Gasteiger partial charge in [-0.25, -0.2) is 0 Å². The maximum atomic E-state index is 13.3. The van der Waals surface area contributed by atoms with Gasteiger partial charge in [0.1, 0.15) is 12.4 Å². The summed E-state index contributed by atoms with van der Waals surface area (Å²) in [5.74, 6) is -1.27. The number of ether oxygens (including phenoxy) is 2. The van der Waals surface area contributed by atoms with Crippen LogP contribution in [0.1, 0.15) is 56.2 Å². The second kappa shape index (κ2) is 11.9. The van der Waals surface area contributed by atoms with Crippen LogP contribution in [0.3, 0.4) is 0 Å². The third-order valence-corrected chi connectivity index (χ3v) is 5.00. The van der Waals surface area contributed by atoms with Gasteiger partial charge in [-0.05, 0) is 55.8 Å². The van der Waals surface area contributed by atoms with Crippen LogP contribution in [0.25, 0.3) is 0 Å². The lowest BCUT2D eigenvalue weighted by Crippen LogP contribution is -2.49. The molecule has 0 saturated heterocycles. The molecule has 0 saturated carbocycles. The Morgan fingerprint density at radius 1 is 1.03 bits per heavy atom. The first kappa shape index (κ1) is 27.2. The van der Waals surface area contributed by atoms with Gasteiger partial charge in [0, 0.05) is 12.1 Å². The normalized spacial score (nSPS) is 12.5. The zero-order chi connectivity index (χ0) is 26.1. The highest BCUT2D eigenvalue weighted by atomic mass is 19.4. The van der Waals surface area contributed by atoms with Gasteiger partial charge in [-0.1, -0.05) is 19.8 Å². The quantitative estimate of drug-likeness (QED) is 0.357. The summed E-state index contributed by atoms with van der Waals surface area (Å²) >= 11 is 0. The Morgan fingerprint density at radius 3 is 2.29 bits per heavy atom. The van der Waals surface area contributed by atoms with Gasteiger partial charge in [-0.15, -0.1) is 0 Å². The number of nitrogens with one attached hydrogen (secondary N) is 1. The number of nitriles is 2. The standard InChI is InChI=1S/C25H24F3N3O4/c1-3-4-5-6-22(32)35-24(2,16-34-20-11-7-17(14-29)8-12-20)23(33)31-19-10-9-18(15-30)21(13-19)25(26,27)28/h7-13H,3-6,16H2,1-2H3,(H,31,33)/t24-/m0/s1. The molecule has 10 heteroatoms. The van der Waals surface area contributed by atoms with Gasteiger partial charge < -0.3 is 14.8 Å². The molecule has 0 heterocycles. The van der Waals surface area contributed by atoms with Gasteiger partial charge in [-0.3, -0.25) is 9.59 Å². The van der Waals surface area contributed by atoms with E-state index in [0.29, 0.717) is 23.8 Å². The molecule has 0 unspecified atom stereocenters. The summed E-state index contributed by atoms with van der Waals surface area (Å²) in [6, 6.07) is 12.1. The lowest BCUT2D eigenvalue weighted by Gasteiger charge is -2.28. The van der Waals surface area contributed by atoms with Crippen molar-refractivity contribution < 1.29 is 32.2 Å². The summed E-state index contributed by atoms with van der Waals surface area (Å²) in [5, 5.41) is 20.2. The fraction of sp³-hybridized carbons (Fsp3) is 0.360. The molecule has 1 N–H and O–H groups in total. The SMILES string of the molecule is CCCCCC(=O)O[C@@](C)(COc1ccc(C#N)cc1)C(=O)Nc1ccc(C#N)c(C(F)(F)F)c1. The van der Waals surface area contributed by atoms with Crippen molar-refractivity contribution in [2.45, 2.75) is 51.3 Å². The molecule has 1 atom stereocenters. The molecule has 0 aliphatic rings. The summed E-state index contributed by atoms with van der Waals surface area (Å²) in [6.45, 7) is 2.81. The van der Waals surface area contributed by atoms with Crippen molar-refractivity contribution in [3.63, 3.8) is 0 Å². The van der Waals surface area contributed by atoms with Crippen LogP contribution in [0, 0.1) is 22.7 Å². The number of hydrogen-bond acceptors (Lipinski definition) is 6. The van der Waals surface area contributed by atoms with E-state index in [2.05, 4.69) is 5.32 Å². The second-order valence-corrected chi connectivity index (χ2v) is 7.91. The highest BCUT2D eigenvalue weighted by Gasteiger charge is 2.39. The molecule has 0 bridgehead atoms. The summed E-state index contributed by atoms with van der Waals surface area (Å²) < 4.78 is 50.9. The Bertz CT molecular complexity index is 1130. The number of benzene rings is 2. The number of carbonyl (C=O) groups is 2. The number of nitrogens with zero attached hydrogens (tertiary/aromatic N) is 2. The summed E-state index contributed by atoms with van der Waals surface area (Å²) in [4.78, 5) is 25.5. The van der Waals surface area contributed by atoms with Crippen LogP contribution in [0.15, 0.2) is 42.5 Å². The molecule has 0 fully saturated rings. The number of unbranched alkanes of at least 4 members (excludes halogenated alkanes) is 2. The van der Waals surface area contributed by atoms with E-state index in [0.717, 1.165) is 25.0 Å². The van der Waals surface area contributed by atoms with E-state index in [4.69, 9.17) is 20.0 Å².